The van der Waals surface area contributed by atoms with Crippen molar-refractivity contribution in [2.75, 3.05) is 31.9 Å². The molecule has 1 saturated heterocycles. The number of amidine groups is 1. The zero-order chi connectivity index (χ0) is 12.1. The average Bonchev–Trinajstić information content (AvgIpc) is 2.85. The summed E-state index contributed by atoms with van der Waals surface area (Å²) in [6.07, 6.45) is 2.92. The molecule has 2 heterocycles. The number of likely N-dealkylation sites (tertiary alicyclic amines) is 1. The molecule has 2 aliphatic rings. The van der Waals surface area contributed by atoms with E-state index in [9.17, 15) is 4.79 Å². The first-order chi connectivity index (χ1) is 8.25. The van der Waals surface area contributed by atoms with Gasteiger partial charge < -0.3 is 10.2 Å². The first-order valence-corrected chi connectivity index (χ1v) is 7.43. The Hall–Kier alpha value is -0.710. The Balaban J connectivity index is 1.64. The van der Waals surface area contributed by atoms with Crippen molar-refractivity contribution in [3.63, 3.8) is 0 Å². The fourth-order valence-corrected chi connectivity index (χ4v) is 2.98. The number of hydrogen-bond acceptors (Lipinski definition) is 4. The van der Waals surface area contributed by atoms with Gasteiger partial charge in [0.15, 0.2) is 5.17 Å². The van der Waals surface area contributed by atoms with Crippen LogP contribution in [0.4, 0.5) is 0 Å². The third-order valence-electron chi connectivity index (χ3n) is 3.12. The van der Waals surface area contributed by atoms with Gasteiger partial charge in [-0.3, -0.25) is 9.79 Å². The van der Waals surface area contributed by atoms with Gasteiger partial charge in [0.2, 0.25) is 5.91 Å². The fraction of sp³-hybridized carbons (Fsp3) is 0.833. The molecule has 0 aromatic rings. The standard InChI is InChI=1S/C12H21N3OS/c1-10-8-14-12(17-9-10)13-5-4-11(16)15-6-2-3-7-15/h10H,2-9H2,1H3,(H,13,14). The summed E-state index contributed by atoms with van der Waals surface area (Å²) in [6, 6.07) is 0. The van der Waals surface area contributed by atoms with Crippen LogP contribution in [0.5, 0.6) is 0 Å². The van der Waals surface area contributed by atoms with Crippen molar-refractivity contribution in [2.45, 2.75) is 26.2 Å². The highest BCUT2D eigenvalue weighted by molar-refractivity contribution is 8.13. The van der Waals surface area contributed by atoms with Crippen LogP contribution in [0.3, 0.4) is 0 Å². The normalized spacial score (nSPS) is 24.6. The molecule has 96 valence electrons. The van der Waals surface area contributed by atoms with Gasteiger partial charge in [-0.05, 0) is 18.8 Å². The number of aliphatic imine (C=N–C) groups is 1. The van der Waals surface area contributed by atoms with Gasteiger partial charge in [0, 0.05) is 38.4 Å². The highest BCUT2D eigenvalue weighted by Gasteiger charge is 2.17. The molecule has 0 bridgehead atoms. The third kappa shape index (κ3) is 3.91. The summed E-state index contributed by atoms with van der Waals surface area (Å²) in [5, 5.41) is 4.27. The van der Waals surface area contributed by atoms with Crippen molar-refractivity contribution in [3.8, 4) is 0 Å². The largest absolute Gasteiger partial charge is 0.364 e. The third-order valence-corrected chi connectivity index (χ3v) is 4.41. The van der Waals surface area contributed by atoms with Crippen LogP contribution < -0.4 is 5.32 Å². The molecule has 5 heteroatoms. The maximum atomic E-state index is 11.8. The van der Waals surface area contributed by atoms with Crippen LogP contribution >= 0.6 is 11.8 Å². The van der Waals surface area contributed by atoms with Crippen LogP contribution in [0.1, 0.15) is 26.2 Å². The molecule has 2 rings (SSSR count). The van der Waals surface area contributed by atoms with Gasteiger partial charge in [-0.2, -0.15) is 0 Å². The van der Waals surface area contributed by atoms with Gasteiger partial charge in [0.25, 0.3) is 0 Å². The molecule has 1 fully saturated rings. The Morgan fingerprint density at radius 3 is 2.94 bits per heavy atom. The lowest BCUT2D eigenvalue weighted by atomic mass is 10.2. The maximum Gasteiger partial charge on any atom is 0.224 e. The molecule has 2 aliphatic heterocycles. The summed E-state index contributed by atoms with van der Waals surface area (Å²) < 4.78 is 0. The zero-order valence-corrected chi connectivity index (χ0v) is 11.3. The van der Waals surface area contributed by atoms with Crippen molar-refractivity contribution in [3.05, 3.63) is 0 Å². The van der Waals surface area contributed by atoms with E-state index in [4.69, 9.17) is 0 Å². The number of nitrogens with one attached hydrogen (secondary N) is 1. The van der Waals surface area contributed by atoms with Crippen LogP contribution in [-0.2, 0) is 4.79 Å². The molecule has 1 atom stereocenters. The lowest BCUT2D eigenvalue weighted by molar-refractivity contribution is -0.129. The summed E-state index contributed by atoms with van der Waals surface area (Å²) >= 11 is 1.77. The molecule has 0 aromatic heterocycles. The van der Waals surface area contributed by atoms with Crippen LogP contribution in [-0.4, -0.2) is 47.9 Å². The van der Waals surface area contributed by atoms with E-state index in [0.717, 1.165) is 37.1 Å². The van der Waals surface area contributed by atoms with E-state index in [2.05, 4.69) is 17.2 Å². The summed E-state index contributed by atoms with van der Waals surface area (Å²) in [4.78, 5) is 18.2. The second-order valence-electron chi connectivity index (χ2n) is 4.83. The van der Waals surface area contributed by atoms with Crippen molar-refractivity contribution in [1.29, 1.82) is 0 Å². The second kappa shape index (κ2) is 6.28. The van der Waals surface area contributed by atoms with Crippen LogP contribution in [0.25, 0.3) is 0 Å². The molecule has 0 aromatic carbocycles. The lowest BCUT2D eigenvalue weighted by Crippen LogP contribution is -2.33. The molecule has 1 N–H and O–H groups in total. The first kappa shape index (κ1) is 12.7. The lowest BCUT2D eigenvalue weighted by Gasteiger charge is -2.19. The first-order valence-electron chi connectivity index (χ1n) is 6.44. The summed E-state index contributed by atoms with van der Waals surface area (Å²) in [6.45, 7) is 5.74. The zero-order valence-electron chi connectivity index (χ0n) is 10.4. The van der Waals surface area contributed by atoms with Crippen LogP contribution in [0.2, 0.25) is 0 Å². The number of amides is 1. The number of rotatable bonds is 3. The van der Waals surface area contributed by atoms with E-state index >= 15 is 0 Å². The van der Waals surface area contributed by atoms with Gasteiger partial charge in [0.1, 0.15) is 0 Å². The van der Waals surface area contributed by atoms with E-state index in [1.165, 1.54) is 12.8 Å². The molecule has 0 aliphatic carbocycles. The molecule has 0 spiro atoms. The Morgan fingerprint density at radius 2 is 2.29 bits per heavy atom. The monoisotopic (exact) mass is 255 g/mol. The Labute approximate surface area is 107 Å². The SMILES string of the molecule is CC1CN=C(NCCC(=O)N2CCCC2)SC1. The van der Waals surface area contributed by atoms with E-state index in [1.807, 2.05) is 4.90 Å². The molecule has 0 radical (unpaired) electrons. The highest BCUT2D eigenvalue weighted by atomic mass is 32.2. The van der Waals surface area contributed by atoms with Gasteiger partial charge in [-0.1, -0.05) is 18.7 Å². The summed E-state index contributed by atoms with van der Waals surface area (Å²) in [7, 11) is 0. The summed E-state index contributed by atoms with van der Waals surface area (Å²) in [5.41, 5.74) is 0. The molecule has 4 nitrogen and oxygen atoms in total. The van der Waals surface area contributed by atoms with Gasteiger partial charge in [-0.15, -0.1) is 0 Å². The number of hydrogen-bond donors (Lipinski definition) is 1. The van der Waals surface area contributed by atoms with Crippen LogP contribution in [0.15, 0.2) is 4.99 Å². The molecule has 0 saturated carbocycles. The van der Waals surface area contributed by atoms with Crippen molar-refractivity contribution >= 4 is 22.8 Å². The topological polar surface area (TPSA) is 44.7 Å². The highest BCUT2D eigenvalue weighted by Crippen LogP contribution is 2.15. The quantitative estimate of drug-likeness (QED) is 0.827. The van der Waals surface area contributed by atoms with E-state index in [1.54, 1.807) is 11.8 Å². The number of nitrogens with zero attached hydrogens (tertiary/aromatic N) is 2. The van der Waals surface area contributed by atoms with E-state index in [0.29, 0.717) is 12.3 Å². The Bertz CT molecular complexity index is 300. The van der Waals surface area contributed by atoms with Gasteiger partial charge in [-0.25, -0.2) is 0 Å². The summed E-state index contributed by atoms with van der Waals surface area (Å²) in [5.74, 6) is 2.09. The molecule has 17 heavy (non-hydrogen) atoms. The second-order valence-corrected chi connectivity index (χ2v) is 5.84. The fourth-order valence-electron chi connectivity index (χ4n) is 2.07. The minimum Gasteiger partial charge on any atom is -0.364 e. The average molecular weight is 255 g/mol. The minimum absolute atomic E-state index is 0.282. The van der Waals surface area contributed by atoms with E-state index in [-0.39, 0.29) is 5.91 Å². The van der Waals surface area contributed by atoms with Gasteiger partial charge in [0.05, 0.1) is 0 Å². The minimum atomic E-state index is 0.282. The predicted molar refractivity (Wildman–Crippen MR) is 72.4 cm³/mol. The number of thioether (sulfide) groups is 1. The number of carbonyl (C=O) groups is 1. The van der Waals surface area contributed by atoms with Crippen LogP contribution in [0, 0.1) is 5.92 Å². The van der Waals surface area contributed by atoms with Crippen molar-refractivity contribution in [2.24, 2.45) is 10.9 Å². The Morgan fingerprint density at radius 1 is 1.53 bits per heavy atom. The molecule has 1 amide bonds. The smallest absolute Gasteiger partial charge is 0.224 e. The van der Waals surface area contributed by atoms with Crippen molar-refractivity contribution < 1.29 is 4.79 Å². The van der Waals surface area contributed by atoms with Gasteiger partial charge >= 0.3 is 0 Å². The predicted octanol–water partition coefficient (Wildman–Crippen LogP) is 1.33. The molecular weight excluding hydrogens is 234 g/mol. The maximum absolute atomic E-state index is 11.8. The molecular formula is C12H21N3OS. The van der Waals surface area contributed by atoms with Crippen molar-refractivity contribution in [1.82, 2.24) is 10.2 Å². The Kier molecular flexibility index (Phi) is 4.71. The van der Waals surface area contributed by atoms with E-state index < -0.39 is 0 Å². The molecule has 1 unspecified atom stereocenters. The number of carbonyl (C=O) groups excluding carboxylic acids is 1.